The topological polar surface area (TPSA) is 58.7 Å². The van der Waals surface area contributed by atoms with Crippen molar-refractivity contribution in [3.63, 3.8) is 0 Å². The first kappa shape index (κ1) is 15.0. The maximum atomic E-state index is 12.5. The predicted molar refractivity (Wildman–Crippen MR) is 88.7 cm³/mol. The summed E-state index contributed by atoms with van der Waals surface area (Å²) >= 11 is 6.25. The number of hydrogen-bond acceptors (Lipinski definition) is 3. The molecule has 5 heteroatoms. The van der Waals surface area contributed by atoms with E-state index in [0.29, 0.717) is 11.3 Å². The lowest BCUT2D eigenvalue weighted by atomic mass is 9.94. The SMILES string of the molecule is N#CC(c1ccccc1)c1cnn(-c2ccccc2)c(=O)c1Cl. The average molecular weight is 322 g/mol. The summed E-state index contributed by atoms with van der Waals surface area (Å²) in [5, 5.41) is 13.7. The van der Waals surface area contributed by atoms with Crippen molar-refractivity contribution in [1.29, 1.82) is 5.26 Å². The first-order valence-electron chi connectivity index (χ1n) is 7.00. The zero-order valence-corrected chi connectivity index (χ0v) is 12.8. The predicted octanol–water partition coefficient (Wildman–Crippen LogP) is 3.54. The lowest BCUT2D eigenvalue weighted by Crippen LogP contribution is -2.23. The quantitative estimate of drug-likeness (QED) is 0.741. The molecule has 0 aliphatic carbocycles. The van der Waals surface area contributed by atoms with Crippen molar-refractivity contribution in [1.82, 2.24) is 9.78 Å². The van der Waals surface area contributed by atoms with Crippen molar-refractivity contribution >= 4 is 11.6 Å². The Morgan fingerprint density at radius 2 is 1.65 bits per heavy atom. The van der Waals surface area contributed by atoms with Crippen molar-refractivity contribution in [2.24, 2.45) is 0 Å². The van der Waals surface area contributed by atoms with Gasteiger partial charge in [-0.3, -0.25) is 4.79 Å². The Hall–Kier alpha value is -2.90. The van der Waals surface area contributed by atoms with Gasteiger partial charge in [-0.25, -0.2) is 0 Å². The molecule has 0 aliphatic rings. The molecule has 23 heavy (non-hydrogen) atoms. The number of benzene rings is 2. The highest BCUT2D eigenvalue weighted by molar-refractivity contribution is 6.31. The van der Waals surface area contributed by atoms with Crippen molar-refractivity contribution in [3.05, 3.63) is 93.4 Å². The fourth-order valence-corrected chi connectivity index (χ4v) is 2.61. The second-order valence-corrected chi connectivity index (χ2v) is 5.32. The molecule has 0 spiro atoms. The van der Waals surface area contributed by atoms with Gasteiger partial charge in [0.2, 0.25) is 0 Å². The van der Waals surface area contributed by atoms with Crippen LogP contribution < -0.4 is 5.56 Å². The summed E-state index contributed by atoms with van der Waals surface area (Å²) < 4.78 is 1.23. The van der Waals surface area contributed by atoms with Crippen LogP contribution in [0.5, 0.6) is 0 Å². The number of aromatic nitrogens is 2. The number of rotatable bonds is 3. The number of nitriles is 1. The van der Waals surface area contributed by atoms with E-state index in [9.17, 15) is 10.1 Å². The Balaban J connectivity index is 2.11. The van der Waals surface area contributed by atoms with Gasteiger partial charge in [0.05, 0.1) is 23.9 Å². The van der Waals surface area contributed by atoms with Gasteiger partial charge in [-0.2, -0.15) is 15.0 Å². The van der Waals surface area contributed by atoms with Gasteiger partial charge in [-0.05, 0) is 17.7 Å². The van der Waals surface area contributed by atoms with E-state index in [1.807, 2.05) is 48.5 Å². The van der Waals surface area contributed by atoms with E-state index in [4.69, 9.17) is 11.6 Å². The molecule has 0 radical (unpaired) electrons. The van der Waals surface area contributed by atoms with Crippen LogP contribution in [0.3, 0.4) is 0 Å². The minimum atomic E-state index is -0.630. The normalized spacial score (nSPS) is 11.7. The van der Waals surface area contributed by atoms with Crippen LogP contribution in [0.25, 0.3) is 5.69 Å². The van der Waals surface area contributed by atoms with Crippen LogP contribution in [-0.2, 0) is 0 Å². The van der Waals surface area contributed by atoms with E-state index >= 15 is 0 Å². The van der Waals surface area contributed by atoms with Crippen LogP contribution in [0.1, 0.15) is 17.0 Å². The van der Waals surface area contributed by atoms with Crippen molar-refractivity contribution in [3.8, 4) is 11.8 Å². The number of nitrogens with zero attached hydrogens (tertiary/aromatic N) is 3. The Labute approximate surface area is 138 Å². The van der Waals surface area contributed by atoms with Crippen LogP contribution in [0.15, 0.2) is 71.7 Å². The molecule has 1 heterocycles. The molecule has 0 fully saturated rings. The Bertz CT molecular complexity index is 914. The minimum Gasteiger partial charge on any atom is -0.266 e. The zero-order chi connectivity index (χ0) is 16.2. The molecule has 4 nitrogen and oxygen atoms in total. The maximum Gasteiger partial charge on any atom is 0.290 e. The molecule has 0 N–H and O–H groups in total. The Morgan fingerprint density at radius 3 is 2.26 bits per heavy atom. The monoisotopic (exact) mass is 321 g/mol. The van der Waals surface area contributed by atoms with Gasteiger partial charge in [0.1, 0.15) is 5.02 Å². The fraction of sp³-hybridized carbons (Fsp3) is 0.0556. The molecule has 0 saturated heterocycles. The van der Waals surface area contributed by atoms with Crippen LogP contribution in [0.2, 0.25) is 5.02 Å². The third-order valence-electron chi connectivity index (χ3n) is 3.52. The van der Waals surface area contributed by atoms with Crippen molar-refractivity contribution in [2.45, 2.75) is 5.92 Å². The van der Waals surface area contributed by atoms with E-state index in [2.05, 4.69) is 11.2 Å². The molecule has 1 unspecified atom stereocenters. The highest BCUT2D eigenvalue weighted by atomic mass is 35.5. The average Bonchev–Trinajstić information content (AvgIpc) is 2.61. The lowest BCUT2D eigenvalue weighted by molar-refractivity contribution is 0.790. The van der Waals surface area contributed by atoms with Gasteiger partial charge in [-0.1, -0.05) is 60.1 Å². The number of para-hydroxylation sites is 1. The fourth-order valence-electron chi connectivity index (χ4n) is 2.37. The van der Waals surface area contributed by atoms with E-state index in [1.165, 1.54) is 10.9 Å². The van der Waals surface area contributed by atoms with Gasteiger partial charge in [0, 0.05) is 5.56 Å². The smallest absolute Gasteiger partial charge is 0.266 e. The summed E-state index contributed by atoms with van der Waals surface area (Å²) in [7, 11) is 0. The van der Waals surface area contributed by atoms with Crippen molar-refractivity contribution in [2.75, 3.05) is 0 Å². The highest BCUT2D eigenvalue weighted by Gasteiger charge is 2.20. The van der Waals surface area contributed by atoms with Crippen LogP contribution in [0, 0.1) is 11.3 Å². The number of halogens is 1. The van der Waals surface area contributed by atoms with E-state index < -0.39 is 11.5 Å². The third kappa shape index (κ3) is 2.87. The van der Waals surface area contributed by atoms with Gasteiger partial charge in [0.15, 0.2) is 0 Å². The highest BCUT2D eigenvalue weighted by Crippen LogP contribution is 2.27. The molecule has 0 aliphatic heterocycles. The summed E-state index contributed by atoms with van der Waals surface area (Å²) in [6.45, 7) is 0. The van der Waals surface area contributed by atoms with E-state index in [0.717, 1.165) is 5.56 Å². The Morgan fingerprint density at radius 1 is 1.04 bits per heavy atom. The van der Waals surface area contributed by atoms with Gasteiger partial charge >= 0.3 is 0 Å². The third-order valence-corrected chi connectivity index (χ3v) is 3.90. The standard InChI is InChI=1S/C18H12ClN3O/c19-17-16(15(11-20)13-7-3-1-4-8-13)12-21-22(18(17)23)14-9-5-2-6-10-14/h1-10,12,15H. The number of hydrogen-bond donors (Lipinski definition) is 0. The molecule has 3 rings (SSSR count). The molecule has 0 amide bonds. The first-order valence-corrected chi connectivity index (χ1v) is 7.38. The molecule has 0 bridgehead atoms. The van der Waals surface area contributed by atoms with Gasteiger partial charge in [0.25, 0.3) is 5.56 Å². The van der Waals surface area contributed by atoms with E-state index in [-0.39, 0.29) is 5.02 Å². The summed E-state index contributed by atoms with van der Waals surface area (Å²) in [5.41, 5.74) is 1.37. The summed E-state index contributed by atoms with van der Waals surface area (Å²) in [6.07, 6.45) is 1.48. The van der Waals surface area contributed by atoms with Crippen LogP contribution in [-0.4, -0.2) is 9.78 Å². The maximum absolute atomic E-state index is 12.5. The second-order valence-electron chi connectivity index (χ2n) is 4.94. The van der Waals surface area contributed by atoms with Gasteiger partial charge in [-0.15, -0.1) is 0 Å². The molecular formula is C18H12ClN3O. The summed E-state index contributed by atoms with van der Waals surface area (Å²) in [6, 6.07) is 20.4. The largest absolute Gasteiger partial charge is 0.290 e. The summed E-state index contributed by atoms with van der Waals surface area (Å²) in [4.78, 5) is 12.5. The summed E-state index contributed by atoms with van der Waals surface area (Å²) in [5.74, 6) is -0.630. The molecule has 2 aromatic carbocycles. The second kappa shape index (κ2) is 6.47. The molecule has 1 atom stereocenters. The van der Waals surface area contributed by atoms with Crippen molar-refractivity contribution < 1.29 is 0 Å². The molecule has 112 valence electrons. The molecule has 3 aromatic rings. The van der Waals surface area contributed by atoms with Crippen LogP contribution in [0.4, 0.5) is 0 Å². The van der Waals surface area contributed by atoms with Gasteiger partial charge < -0.3 is 0 Å². The van der Waals surface area contributed by atoms with Crippen LogP contribution >= 0.6 is 11.6 Å². The minimum absolute atomic E-state index is 0.0132. The molecular weight excluding hydrogens is 310 g/mol. The van der Waals surface area contributed by atoms with E-state index in [1.54, 1.807) is 12.1 Å². The lowest BCUT2D eigenvalue weighted by Gasteiger charge is -2.12. The first-order chi connectivity index (χ1) is 11.2. The Kier molecular flexibility index (Phi) is 4.22. The molecule has 0 saturated carbocycles. The molecule has 1 aromatic heterocycles. The zero-order valence-electron chi connectivity index (χ0n) is 12.1.